The second-order valence-corrected chi connectivity index (χ2v) is 5.10. The minimum Gasteiger partial charge on any atom is -0.399 e. The van der Waals surface area contributed by atoms with Crippen LogP contribution in [0.4, 0.5) is 10.1 Å². The molecule has 0 aliphatic rings. The smallest absolute Gasteiger partial charge is 0.187 e. The fourth-order valence-corrected chi connectivity index (χ4v) is 2.19. The van der Waals surface area contributed by atoms with Gasteiger partial charge in [0.1, 0.15) is 5.82 Å². The molecule has 0 saturated carbocycles. The fourth-order valence-electron chi connectivity index (χ4n) is 1.90. The van der Waals surface area contributed by atoms with Gasteiger partial charge in [-0.2, -0.15) is 4.68 Å². The van der Waals surface area contributed by atoms with Gasteiger partial charge in [-0.05, 0) is 46.8 Å². The van der Waals surface area contributed by atoms with Gasteiger partial charge in [-0.1, -0.05) is 23.2 Å². The number of nitrogen functional groups attached to an aromatic ring is 1. The Morgan fingerprint density at radius 2 is 1.86 bits per heavy atom. The van der Waals surface area contributed by atoms with Crippen molar-refractivity contribution in [3.05, 3.63) is 52.3 Å². The molecule has 0 aliphatic heterocycles. The molecule has 8 heteroatoms. The Labute approximate surface area is 129 Å². The largest absolute Gasteiger partial charge is 0.399 e. The number of anilines is 1. The van der Waals surface area contributed by atoms with Crippen LogP contribution in [-0.4, -0.2) is 20.2 Å². The zero-order chi connectivity index (χ0) is 15.0. The Bertz CT molecular complexity index is 798. The molecule has 2 aromatic carbocycles. The molecular formula is C13H8Cl2FN5. The molecule has 0 unspecified atom stereocenters. The number of benzene rings is 2. The van der Waals surface area contributed by atoms with Crippen molar-refractivity contribution in [2.24, 2.45) is 0 Å². The van der Waals surface area contributed by atoms with Crippen molar-refractivity contribution in [2.75, 3.05) is 5.73 Å². The molecule has 0 saturated heterocycles. The molecule has 3 aromatic rings. The summed E-state index contributed by atoms with van der Waals surface area (Å²) in [6.07, 6.45) is 0. The molecule has 1 aromatic heterocycles. The highest BCUT2D eigenvalue weighted by atomic mass is 35.5. The molecule has 0 amide bonds. The first kappa shape index (κ1) is 13.8. The minimum absolute atomic E-state index is 0.286. The lowest BCUT2D eigenvalue weighted by Gasteiger charge is -2.06. The summed E-state index contributed by atoms with van der Waals surface area (Å²) in [4.78, 5) is 0. The van der Waals surface area contributed by atoms with Crippen molar-refractivity contribution in [2.45, 2.75) is 0 Å². The zero-order valence-corrected chi connectivity index (χ0v) is 12.0. The van der Waals surface area contributed by atoms with E-state index in [-0.39, 0.29) is 5.69 Å². The summed E-state index contributed by atoms with van der Waals surface area (Å²) in [5.74, 6) is -0.117. The maximum atomic E-state index is 13.5. The van der Waals surface area contributed by atoms with E-state index in [2.05, 4.69) is 15.5 Å². The van der Waals surface area contributed by atoms with Crippen molar-refractivity contribution in [3.8, 4) is 17.1 Å². The van der Waals surface area contributed by atoms with E-state index >= 15 is 0 Å². The summed E-state index contributed by atoms with van der Waals surface area (Å²) >= 11 is 11.9. The number of aromatic nitrogens is 4. The number of hydrogen-bond donors (Lipinski definition) is 1. The Balaban J connectivity index is 2.14. The maximum absolute atomic E-state index is 13.5. The van der Waals surface area contributed by atoms with Gasteiger partial charge in [-0.15, -0.1) is 5.10 Å². The van der Waals surface area contributed by atoms with E-state index in [1.165, 1.54) is 16.8 Å². The zero-order valence-electron chi connectivity index (χ0n) is 10.5. The lowest BCUT2D eigenvalue weighted by atomic mass is 10.2. The normalized spacial score (nSPS) is 10.8. The Morgan fingerprint density at radius 1 is 1.05 bits per heavy atom. The molecule has 0 aliphatic carbocycles. The summed E-state index contributed by atoms with van der Waals surface area (Å²) < 4.78 is 14.9. The van der Waals surface area contributed by atoms with Crippen molar-refractivity contribution >= 4 is 28.9 Å². The standard InChI is InChI=1S/C13H8Cl2FN5/c14-11-2-1-10(6-12(11)15)21-13(18-19-20-21)7-3-8(16)5-9(17)4-7/h1-6H,17H2. The third-order valence-electron chi connectivity index (χ3n) is 2.80. The summed E-state index contributed by atoms with van der Waals surface area (Å²) in [6.45, 7) is 0. The second-order valence-electron chi connectivity index (χ2n) is 4.29. The number of halogens is 3. The third kappa shape index (κ3) is 2.68. The van der Waals surface area contributed by atoms with Gasteiger partial charge in [-0.25, -0.2) is 4.39 Å². The van der Waals surface area contributed by atoms with E-state index in [0.29, 0.717) is 27.1 Å². The van der Waals surface area contributed by atoms with Crippen LogP contribution >= 0.6 is 23.2 Å². The van der Waals surface area contributed by atoms with E-state index in [1.807, 2.05) is 0 Å². The predicted molar refractivity (Wildman–Crippen MR) is 79.0 cm³/mol. The highest BCUT2D eigenvalue weighted by Crippen LogP contribution is 2.27. The van der Waals surface area contributed by atoms with Crippen LogP contribution in [-0.2, 0) is 0 Å². The monoisotopic (exact) mass is 323 g/mol. The van der Waals surface area contributed by atoms with Gasteiger partial charge in [0.2, 0.25) is 0 Å². The molecule has 3 rings (SSSR count). The van der Waals surface area contributed by atoms with Crippen LogP contribution < -0.4 is 5.73 Å². The number of rotatable bonds is 2. The fraction of sp³-hybridized carbons (Fsp3) is 0. The van der Waals surface area contributed by atoms with Crippen LogP contribution in [0.25, 0.3) is 17.1 Å². The summed E-state index contributed by atoms with van der Waals surface area (Å²) in [5.41, 5.74) is 6.99. The lowest BCUT2D eigenvalue weighted by molar-refractivity contribution is 0.628. The van der Waals surface area contributed by atoms with E-state index in [1.54, 1.807) is 24.3 Å². The molecule has 0 fully saturated rings. The number of tetrazole rings is 1. The summed E-state index contributed by atoms with van der Waals surface area (Å²) in [5, 5.41) is 12.2. The Hall–Kier alpha value is -2.18. The van der Waals surface area contributed by atoms with Gasteiger partial charge in [0, 0.05) is 11.3 Å². The van der Waals surface area contributed by atoms with Gasteiger partial charge in [0.25, 0.3) is 0 Å². The van der Waals surface area contributed by atoms with Crippen LogP contribution in [0.1, 0.15) is 0 Å². The minimum atomic E-state index is -0.464. The van der Waals surface area contributed by atoms with Gasteiger partial charge in [-0.3, -0.25) is 0 Å². The van der Waals surface area contributed by atoms with E-state index in [9.17, 15) is 4.39 Å². The predicted octanol–water partition coefficient (Wildman–Crippen LogP) is 3.36. The Morgan fingerprint density at radius 3 is 2.57 bits per heavy atom. The number of nitrogens with two attached hydrogens (primary N) is 1. The van der Waals surface area contributed by atoms with Crippen LogP contribution in [0.2, 0.25) is 10.0 Å². The van der Waals surface area contributed by atoms with Crippen molar-refractivity contribution in [3.63, 3.8) is 0 Å². The van der Waals surface area contributed by atoms with Crippen molar-refractivity contribution in [1.82, 2.24) is 20.2 Å². The van der Waals surface area contributed by atoms with Crippen LogP contribution in [0.15, 0.2) is 36.4 Å². The molecule has 106 valence electrons. The average molecular weight is 324 g/mol. The van der Waals surface area contributed by atoms with Gasteiger partial charge in [0.05, 0.1) is 15.7 Å². The summed E-state index contributed by atoms with van der Waals surface area (Å²) in [7, 11) is 0. The van der Waals surface area contributed by atoms with Crippen molar-refractivity contribution in [1.29, 1.82) is 0 Å². The Kier molecular flexibility index (Phi) is 3.48. The van der Waals surface area contributed by atoms with Crippen LogP contribution in [0.5, 0.6) is 0 Å². The van der Waals surface area contributed by atoms with Crippen molar-refractivity contribution < 1.29 is 4.39 Å². The lowest BCUT2D eigenvalue weighted by Crippen LogP contribution is -2.00. The molecule has 5 nitrogen and oxygen atoms in total. The molecule has 0 radical (unpaired) electrons. The average Bonchev–Trinajstić information content (AvgIpc) is 2.90. The van der Waals surface area contributed by atoms with Gasteiger partial charge >= 0.3 is 0 Å². The van der Waals surface area contributed by atoms with Crippen LogP contribution in [0, 0.1) is 5.82 Å². The molecule has 0 bridgehead atoms. The first-order valence-electron chi connectivity index (χ1n) is 5.85. The summed E-state index contributed by atoms with van der Waals surface area (Å²) in [6, 6.07) is 9.06. The third-order valence-corrected chi connectivity index (χ3v) is 3.53. The topological polar surface area (TPSA) is 69.6 Å². The molecule has 1 heterocycles. The molecular weight excluding hydrogens is 316 g/mol. The highest BCUT2D eigenvalue weighted by molar-refractivity contribution is 6.42. The van der Waals surface area contributed by atoms with E-state index in [4.69, 9.17) is 28.9 Å². The number of hydrogen-bond acceptors (Lipinski definition) is 4. The molecule has 0 atom stereocenters. The second kappa shape index (κ2) is 5.31. The first-order valence-corrected chi connectivity index (χ1v) is 6.60. The van der Waals surface area contributed by atoms with Gasteiger partial charge < -0.3 is 5.73 Å². The molecule has 21 heavy (non-hydrogen) atoms. The van der Waals surface area contributed by atoms with Crippen LogP contribution in [0.3, 0.4) is 0 Å². The van der Waals surface area contributed by atoms with E-state index in [0.717, 1.165) is 0 Å². The maximum Gasteiger partial charge on any atom is 0.187 e. The quantitative estimate of drug-likeness (QED) is 0.734. The highest BCUT2D eigenvalue weighted by Gasteiger charge is 2.13. The van der Waals surface area contributed by atoms with E-state index < -0.39 is 5.82 Å². The number of nitrogens with zero attached hydrogens (tertiary/aromatic N) is 4. The molecule has 0 spiro atoms. The first-order chi connectivity index (χ1) is 10.0. The SMILES string of the molecule is Nc1cc(F)cc(-c2nnnn2-c2ccc(Cl)c(Cl)c2)c1. The van der Waals surface area contributed by atoms with Gasteiger partial charge in [0.15, 0.2) is 5.82 Å². The molecule has 2 N–H and O–H groups in total.